The summed E-state index contributed by atoms with van der Waals surface area (Å²) in [4.78, 5) is 0. The van der Waals surface area contributed by atoms with Crippen molar-refractivity contribution in [1.82, 2.24) is 0 Å². The van der Waals surface area contributed by atoms with Crippen LogP contribution in [0.15, 0.2) is 108 Å². The van der Waals surface area contributed by atoms with E-state index in [9.17, 15) is 0 Å². The minimum Gasteiger partial charge on any atom is -0.454 e. The van der Waals surface area contributed by atoms with E-state index >= 15 is 0 Å². The molecule has 0 aliphatic heterocycles. The summed E-state index contributed by atoms with van der Waals surface area (Å²) in [5.74, 6) is 0. The van der Waals surface area contributed by atoms with Gasteiger partial charge in [-0.25, -0.2) is 4.57 Å². The molecule has 38 heavy (non-hydrogen) atoms. The first-order valence-corrected chi connectivity index (χ1v) is 13.2. The Hall–Kier alpha value is -4.17. The molecule has 0 bridgehead atoms. The number of benzene rings is 4. The van der Waals surface area contributed by atoms with E-state index in [-0.39, 0.29) is 0 Å². The maximum Gasteiger partial charge on any atom is 0.216 e. The van der Waals surface area contributed by atoms with Crippen molar-refractivity contribution in [2.24, 2.45) is 12.5 Å². The fourth-order valence-corrected chi connectivity index (χ4v) is 5.30. The maximum absolute atomic E-state index is 8.64. The van der Waals surface area contributed by atoms with Gasteiger partial charge in [0.25, 0.3) is 0 Å². The van der Waals surface area contributed by atoms with Crippen molar-refractivity contribution in [1.29, 1.82) is 0 Å². The molecule has 0 N–H and O–H groups in total. The number of rotatable bonds is 4. The largest absolute Gasteiger partial charge is 0.454 e. The van der Waals surface area contributed by atoms with Crippen LogP contribution < -0.4 is 4.57 Å². The Morgan fingerprint density at radius 1 is 0.737 bits per heavy atom. The van der Waals surface area contributed by atoms with Crippen LogP contribution in [0.3, 0.4) is 0 Å². The van der Waals surface area contributed by atoms with Gasteiger partial charge in [-0.05, 0) is 46.5 Å². The van der Waals surface area contributed by atoms with Gasteiger partial charge in [-0.15, -0.1) is 0 Å². The zero-order valence-electron chi connectivity index (χ0n) is 24.7. The number of pyridine rings is 1. The first-order chi connectivity index (χ1) is 19.1. The standard InChI is InChI=1S/C36H34NO/c1-24-14-19-31-30-13-9-12-29(27-10-7-6-8-11-27)34(30)38-35(31)33(24)32-22-28(20-21-37(32)5)26-17-15-25(16-18-26)23-36(2,3)4/h6-22H,23H2,1-5H3/q+1/i23D2. The van der Waals surface area contributed by atoms with Crippen molar-refractivity contribution in [2.75, 3.05) is 0 Å². The third kappa shape index (κ3) is 4.41. The highest BCUT2D eigenvalue weighted by Gasteiger charge is 2.22. The molecule has 188 valence electrons. The van der Waals surface area contributed by atoms with Crippen LogP contribution in [0, 0.1) is 12.3 Å². The van der Waals surface area contributed by atoms with Crippen LogP contribution in [0.2, 0.25) is 0 Å². The Labute approximate surface area is 228 Å². The summed E-state index contributed by atoms with van der Waals surface area (Å²) < 4.78 is 26.2. The Morgan fingerprint density at radius 2 is 1.47 bits per heavy atom. The van der Waals surface area contributed by atoms with Crippen LogP contribution >= 0.6 is 0 Å². The molecule has 0 aliphatic rings. The van der Waals surface area contributed by atoms with Crippen molar-refractivity contribution in [3.05, 3.63) is 114 Å². The third-order valence-electron chi connectivity index (χ3n) is 7.10. The molecule has 2 nitrogen and oxygen atoms in total. The lowest BCUT2D eigenvalue weighted by atomic mass is 9.87. The monoisotopic (exact) mass is 498 g/mol. The summed E-state index contributed by atoms with van der Waals surface area (Å²) in [6.07, 6.45) is 0.662. The van der Waals surface area contributed by atoms with E-state index in [1.807, 2.05) is 51.1 Å². The fraction of sp³-hybridized carbons (Fsp3) is 0.194. The molecule has 0 radical (unpaired) electrons. The number of para-hydroxylation sites is 1. The molecule has 2 heteroatoms. The molecular weight excluding hydrogens is 462 g/mol. The van der Waals surface area contributed by atoms with E-state index < -0.39 is 11.8 Å². The molecule has 0 spiro atoms. The average molecular weight is 499 g/mol. The van der Waals surface area contributed by atoms with E-state index in [4.69, 9.17) is 7.16 Å². The molecule has 2 aromatic heterocycles. The van der Waals surface area contributed by atoms with E-state index in [1.165, 1.54) is 0 Å². The van der Waals surface area contributed by atoms with Crippen molar-refractivity contribution in [2.45, 2.75) is 34.1 Å². The van der Waals surface area contributed by atoms with Crippen LogP contribution in [0.25, 0.3) is 55.4 Å². The van der Waals surface area contributed by atoms with Crippen molar-refractivity contribution in [3.63, 3.8) is 0 Å². The molecule has 0 saturated heterocycles. The summed E-state index contributed by atoms with van der Waals surface area (Å²) in [6, 6.07) is 33.3. The van der Waals surface area contributed by atoms with Crippen molar-refractivity contribution < 1.29 is 11.7 Å². The van der Waals surface area contributed by atoms with Gasteiger partial charge in [0.15, 0.2) is 6.20 Å². The van der Waals surface area contributed by atoms with Gasteiger partial charge >= 0.3 is 0 Å². The van der Waals surface area contributed by atoms with Crippen LogP contribution in [0.5, 0.6) is 0 Å². The SMILES string of the molecule is [2H]C([2H])(c1ccc(-c2cc[n+](C)c(-c3c(C)ccc4c3oc3c(-c5ccccc5)cccc34)c2)cc1)C(C)(C)C. The van der Waals surface area contributed by atoms with Gasteiger partial charge in [-0.1, -0.05) is 106 Å². The molecule has 0 atom stereocenters. The zero-order chi connectivity index (χ0) is 28.2. The Kier molecular flexibility index (Phi) is 5.35. The highest BCUT2D eigenvalue weighted by atomic mass is 16.3. The minimum atomic E-state index is -1.42. The summed E-state index contributed by atoms with van der Waals surface area (Å²) >= 11 is 0. The third-order valence-corrected chi connectivity index (χ3v) is 7.10. The lowest BCUT2D eigenvalue weighted by Gasteiger charge is -2.18. The normalized spacial score (nSPS) is 13.1. The van der Waals surface area contributed by atoms with Crippen LogP contribution in [-0.2, 0) is 13.4 Å². The highest BCUT2D eigenvalue weighted by molar-refractivity contribution is 6.13. The van der Waals surface area contributed by atoms with Crippen LogP contribution in [0.4, 0.5) is 0 Å². The number of fused-ring (bicyclic) bond motifs is 3. The van der Waals surface area contributed by atoms with Gasteiger partial charge in [0.2, 0.25) is 5.69 Å². The Morgan fingerprint density at radius 3 is 2.21 bits per heavy atom. The molecule has 4 aromatic carbocycles. The summed E-state index contributed by atoms with van der Waals surface area (Å²) in [5.41, 5.74) is 9.64. The van der Waals surface area contributed by atoms with Gasteiger partial charge in [0.05, 0.1) is 5.56 Å². The van der Waals surface area contributed by atoms with E-state index in [0.717, 1.165) is 61.0 Å². The van der Waals surface area contributed by atoms with Gasteiger partial charge in [0.1, 0.15) is 18.2 Å². The van der Waals surface area contributed by atoms with E-state index in [1.54, 1.807) is 0 Å². The predicted molar refractivity (Wildman–Crippen MR) is 159 cm³/mol. The molecule has 0 fully saturated rings. The van der Waals surface area contributed by atoms with Gasteiger partial charge in [-0.2, -0.15) is 0 Å². The molecule has 0 aliphatic carbocycles. The predicted octanol–water partition coefficient (Wildman–Crippen LogP) is 9.31. The second-order valence-electron chi connectivity index (χ2n) is 11.1. The van der Waals surface area contributed by atoms with Gasteiger partial charge < -0.3 is 4.42 Å². The second kappa shape index (κ2) is 9.29. The maximum atomic E-state index is 8.64. The molecule has 0 unspecified atom stereocenters. The molecule has 6 aromatic rings. The molecule has 0 amide bonds. The zero-order valence-corrected chi connectivity index (χ0v) is 22.7. The number of nitrogens with zero attached hydrogens (tertiary/aromatic N) is 1. The Bertz CT molecular complexity index is 1860. The minimum absolute atomic E-state index is 0.495. The number of hydrogen-bond donors (Lipinski definition) is 0. The van der Waals surface area contributed by atoms with E-state index in [0.29, 0.717) is 5.56 Å². The molecule has 0 saturated carbocycles. The summed E-state index contributed by atoms with van der Waals surface area (Å²) in [5, 5.41) is 2.22. The number of aromatic nitrogens is 1. The summed E-state index contributed by atoms with van der Waals surface area (Å²) in [6.45, 7) is 7.95. The van der Waals surface area contributed by atoms with Crippen LogP contribution in [-0.4, -0.2) is 0 Å². The van der Waals surface area contributed by atoms with Gasteiger partial charge in [0, 0.05) is 31.2 Å². The smallest absolute Gasteiger partial charge is 0.216 e. The Balaban J connectivity index is 1.50. The quantitative estimate of drug-likeness (QED) is 0.221. The van der Waals surface area contributed by atoms with Crippen molar-refractivity contribution >= 4 is 21.9 Å². The van der Waals surface area contributed by atoms with Gasteiger partial charge in [-0.3, -0.25) is 0 Å². The average Bonchev–Trinajstić information content (AvgIpc) is 3.32. The summed E-state index contributed by atoms with van der Waals surface area (Å²) in [7, 11) is 2.07. The highest BCUT2D eigenvalue weighted by Crippen LogP contribution is 2.41. The van der Waals surface area contributed by atoms with Crippen molar-refractivity contribution in [3.8, 4) is 33.5 Å². The lowest BCUT2D eigenvalue weighted by molar-refractivity contribution is -0.660. The first kappa shape index (κ1) is 21.9. The molecule has 2 heterocycles. The number of furan rings is 1. The number of aryl methyl sites for hydroxylation is 2. The number of hydrogen-bond acceptors (Lipinski definition) is 1. The lowest BCUT2D eigenvalue weighted by Crippen LogP contribution is -2.30. The fourth-order valence-electron chi connectivity index (χ4n) is 5.30. The molecule has 6 rings (SSSR count). The first-order valence-electron chi connectivity index (χ1n) is 14.2. The molecular formula is C36H34NO+. The van der Waals surface area contributed by atoms with E-state index in [2.05, 4.69) is 91.5 Å². The van der Waals surface area contributed by atoms with Crippen LogP contribution in [0.1, 0.15) is 34.6 Å². The second-order valence-corrected chi connectivity index (χ2v) is 11.1. The topological polar surface area (TPSA) is 17.0 Å².